The zero-order chi connectivity index (χ0) is 13.7. The maximum Gasteiger partial charge on any atom is 0.136 e. The molecule has 100 valence electrons. The van der Waals surface area contributed by atoms with Gasteiger partial charge in [-0.1, -0.05) is 19.4 Å². The molecule has 1 N–H and O–H groups in total. The average molecular weight is 256 g/mol. The van der Waals surface area contributed by atoms with Crippen molar-refractivity contribution < 1.29 is 4.42 Å². The van der Waals surface area contributed by atoms with Crippen LogP contribution in [0.2, 0.25) is 0 Å². The predicted octanol–water partition coefficient (Wildman–Crippen LogP) is 3.60. The zero-order valence-corrected chi connectivity index (χ0v) is 11.7. The molecule has 0 atom stereocenters. The van der Waals surface area contributed by atoms with Crippen molar-refractivity contribution in [3.8, 4) is 11.3 Å². The standard InChI is InChI=1S/C16H20N2O/c1-12(2)14(10-17-3)9-15-6-7-16(19-15)13-5-4-8-18-11-13/h4-9,11-12,17H,10H2,1-3H3. The largest absolute Gasteiger partial charge is 0.457 e. The number of nitrogens with one attached hydrogen (secondary N) is 1. The zero-order valence-electron chi connectivity index (χ0n) is 11.7. The van der Waals surface area contributed by atoms with Gasteiger partial charge in [0.2, 0.25) is 0 Å². The van der Waals surface area contributed by atoms with Crippen LogP contribution in [-0.4, -0.2) is 18.6 Å². The smallest absolute Gasteiger partial charge is 0.136 e. The molecule has 0 amide bonds. The van der Waals surface area contributed by atoms with Crippen LogP contribution >= 0.6 is 0 Å². The third-order valence-electron chi connectivity index (χ3n) is 3.02. The lowest BCUT2D eigenvalue weighted by molar-refractivity contribution is 0.569. The molecule has 0 unspecified atom stereocenters. The van der Waals surface area contributed by atoms with Crippen molar-refractivity contribution in [2.24, 2.45) is 5.92 Å². The van der Waals surface area contributed by atoms with Gasteiger partial charge >= 0.3 is 0 Å². The monoisotopic (exact) mass is 256 g/mol. The second-order valence-electron chi connectivity index (χ2n) is 4.85. The summed E-state index contributed by atoms with van der Waals surface area (Å²) in [5, 5.41) is 3.19. The van der Waals surface area contributed by atoms with Crippen LogP contribution in [0.5, 0.6) is 0 Å². The molecule has 19 heavy (non-hydrogen) atoms. The fourth-order valence-electron chi connectivity index (χ4n) is 1.90. The average Bonchev–Trinajstić information content (AvgIpc) is 2.88. The molecule has 2 heterocycles. The van der Waals surface area contributed by atoms with E-state index in [1.54, 1.807) is 6.20 Å². The van der Waals surface area contributed by atoms with Gasteiger partial charge in [0.15, 0.2) is 0 Å². The van der Waals surface area contributed by atoms with Crippen molar-refractivity contribution in [3.63, 3.8) is 0 Å². The Balaban J connectivity index is 2.24. The van der Waals surface area contributed by atoms with Gasteiger partial charge in [0, 0.05) is 24.5 Å². The number of aromatic nitrogens is 1. The molecule has 0 aromatic carbocycles. The maximum atomic E-state index is 5.85. The van der Waals surface area contributed by atoms with E-state index in [1.807, 2.05) is 37.5 Å². The minimum absolute atomic E-state index is 0.499. The lowest BCUT2D eigenvalue weighted by Gasteiger charge is -2.09. The Hall–Kier alpha value is -1.87. The summed E-state index contributed by atoms with van der Waals surface area (Å²) in [6.45, 7) is 5.25. The Morgan fingerprint density at radius 2 is 2.21 bits per heavy atom. The van der Waals surface area contributed by atoms with Crippen LogP contribution in [0.15, 0.2) is 46.6 Å². The highest BCUT2D eigenvalue weighted by Crippen LogP contribution is 2.23. The van der Waals surface area contributed by atoms with E-state index >= 15 is 0 Å². The first-order valence-corrected chi connectivity index (χ1v) is 6.56. The third kappa shape index (κ3) is 3.55. The van der Waals surface area contributed by atoms with Gasteiger partial charge in [0.05, 0.1) is 0 Å². The number of nitrogens with zero attached hydrogens (tertiary/aromatic N) is 1. The molecule has 0 aliphatic rings. The van der Waals surface area contributed by atoms with Crippen LogP contribution in [0, 0.1) is 5.92 Å². The van der Waals surface area contributed by atoms with E-state index in [0.717, 1.165) is 23.6 Å². The van der Waals surface area contributed by atoms with E-state index in [1.165, 1.54) is 5.57 Å². The third-order valence-corrected chi connectivity index (χ3v) is 3.02. The first-order valence-electron chi connectivity index (χ1n) is 6.56. The van der Waals surface area contributed by atoms with Crippen molar-refractivity contribution in [3.05, 3.63) is 48.0 Å². The van der Waals surface area contributed by atoms with Crippen LogP contribution in [0.3, 0.4) is 0 Å². The quantitative estimate of drug-likeness (QED) is 0.888. The highest BCUT2D eigenvalue weighted by atomic mass is 16.3. The minimum Gasteiger partial charge on any atom is -0.457 e. The number of hydrogen-bond donors (Lipinski definition) is 1. The van der Waals surface area contributed by atoms with Gasteiger partial charge in [-0.25, -0.2) is 0 Å². The number of furan rings is 1. The van der Waals surface area contributed by atoms with Gasteiger partial charge in [-0.3, -0.25) is 4.98 Å². The summed E-state index contributed by atoms with van der Waals surface area (Å²) in [5.41, 5.74) is 2.33. The number of pyridine rings is 1. The second kappa shape index (κ2) is 6.34. The van der Waals surface area contributed by atoms with Crippen molar-refractivity contribution >= 4 is 6.08 Å². The van der Waals surface area contributed by atoms with Gasteiger partial charge in [-0.2, -0.15) is 0 Å². The molecule has 3 heteroatoms. The molecule has 2 aromatic rings. The first-order chi connectivity index (χ1) is 9.20. The highest BCUT2D eigenvalue weighted by Gasteiger charge is 2.06. The Morgan fingerprint density at radius 3 is 2.84 bits per heavy atom. The van der Waals surface area contributed by atoms with E-state index in [9.17, 15) is 0 Å². The van der Waals surface area contributed by atoms with E-state index < -0.39 is 0 Å². The highest BCUT2D eigenvalue weighted by molar-refractivity contribution is 5.59. The van der Waals surface area contributed by atoms with Crippen molar-refractivity contribution in [2.75, 3.05) is 13.6 Å². The molecule has 0 fully saturated rings. The molecular weight excluding hydrogens is 236 g/mol. The lowest BCUT2D eigenvalue weighted by Crippen LogP contribution is -2.13. The van der Waals surface area contributed by atoms with Crippen LogP contribution < -0.4 is 5.32 Å². The van der Waals surface area contributed by atoms with E-state index in [2.05, 4.69) is 30.2 Å². The minimum atomic E-state index is 0.499. The van der Waals surface area contributed by atoms with Gasteiger partial charge in [-0.15, -0.1) is 0 Å². The van der Waals surface area contributed by atoms with Crippen LogP contribution in [-0.2, 0) is 0 Å². The Bertz CT molecular complexity index is 541. The number of rotatable bonds is 5. The maximum absolute atomic E-state index is 5.85. The molecule has 0 saturated carbocycles. The topological polar surface area (TPSA) is 38.1 Å². The second-order valence-corrected chi connectivity index (χ2v) is 4.85. The molecule has 0 aliphatic carbocycles. The summed E-state index contributed by atoms with van der Waals surface area (Å²) in [6.07, 6.45) is 5.68. The summed E-state index contributed by atoms with van der Waals surface area (Å²) >= 11 is 0. The molecule has 2 aromatic heterocycles. The van der Waals surface area contributed by atoms with Crippen molar-refractivity contribution in [1.82, 2.24) is 10.3 Å². The molecule has 2 rings (SSSR count). The fourth-order valence-corrected chi connectivity index (χ4v) is 1.90. The number of likely N-dealkylation sites (N-methyl/N-ethyl adjacent to an activating group) is 1. The Kier molecular flexibility index (Phi) is 4.53. The van der Waals surface area contributed by atoms with Gasteiger partial charge in [-0.05, 0) is 43.3 Å². The fraction of sp³-hybridized carbons (Fsp3) is 0.312. The van der Waals surface area contributed by atoms with Crippen LogP contribution in [0.25, 0.3) is 17.4 Å². The van der Waals surface area contributed by atoms with Gasteiger partial charge in [0.25, 0.3) is 0 Å². The molecule has 0 bridgehead atoms. The summed E-state index contributed by atoms with van der Waals surface area (Å²) in [6, 6.07) is 7.89. The summed E-state index contributed by atoms with van der Waals surface area (Å²) in [5.74, 6) is 2.24. The Morgan fingerprint density at radius 1 is 1.37 bits per heavy atom. The van der Waals surface area contributed by atoms with Gasteiger partial charge in [0.1, 0.15) is 11.5 Å². The SMILES string of the molecule is CNCC(=Cc1ccc(-c2cccnc2)o1)C(C)C. The molecule has 0 radical (unpaired) electrons. The van der Waals surface area contributed by atoms with Crippen molar-refractivity contribution in [1.29, 1.82) is 0 Å². The molecule has 3 nitrogen and oxygen atoms in total. The summed E-state index contributed by atoms with van der Waals surface area (Å²) in [7, 11) is 1.96. The van der Waals surface area contributed by atoms with E-state index in [4.69, 9.17) is 4.42 Å². The molecule has 0 saturated heterocycles. The summed E-state index contributed by atoms with van der Waals surface area (Å²) in [4.78, 5) is 4.10. The summed E-state index contributed by atoms with van der Waals surface area (Å²) < 4.78 is 5.85. The molecule has 0 aliphatic heterocycles. The van der Waals surface area contributed by atoms with Gasteiger partial charge < -0.3 is 9.73 Å². The predicted molar refractivity (Wildman–Crippen MR) is 78.7 cm³/mol. The molecular formula is C16H20N2O. The molecule has 0 spiro atoms. The lowest BCUT2D eigenvalue weighted by atomic mass is 10.0. The normalized spacial score (nSPS) is 12.1. The van der Waals surface area contributed by atoms with E-state index in [-0.39, 0.29) is 0 Å². The number of hydrogen-bond acceptors (Lipinski definition) is 3. The van der Waals surface area contributed by atoms with E-state index in [0.29, 0.717) is 5.92 Å². The van der Waals surface area contributed by atoms with Crippen LogP contribution in [0.4, 0.5) is 0 Å². The Labute approximate surface area is 114 Å². The first kappa shape index (κ1) is 13.6. The van der Waals surface area contributed by atoms with Crippen molar-refractivity contribution in [2.45, 2.75) is 13.8 Å². The van der Waals surface area contributed by atoms with Crippen LogP contribution in [0.1, 0.15) is 19.6 Å².